The molecule has 2 aromatic rings. The van der Waals surface area contributed by atoms with Gasteiger partial charge in [-0.1, -0.05) is 30.3 Å². The second kappa shape index (κ2) is 8.36. The fraction of sp³-hybridized carbons (Fsp3) is 0.458. The lowest BCUT2D eigenvalue weighted by atomic mass is 9.85. The summed E-state index contributed by atoms with van der Waals surface area (Å²) in [6.07, 6.45) is -1.52. The van der Waals surface area contributed by atoms with Crippen molar-refractivity contribution in [3.63, 3.8) is 0 Å². The highest BCUT2D eigenvalue weighted by atomic mass is 16.5. The Hall–Kier alpha value is -2.33. The number of rotatable bonds is 6. The van der Waals surface area contributed by atoms with Crippen LogP contribution in [0.4, 0.5) is 0 Å². The zero-order valence-corrected chi connectivity index (χ0v) is 15.5. The van der Waals surface area contributed by atoms with E-state index in [-0.39, 0.29) is 17.5 Å². The maximum atomic E-state index is 13.4. The van der Waals surface area contributed by atoms with Crippen molar-refractivity contribution in [3.05, 3.63) is 59.2 Å². The van der Waals surface area contributed by atoms with E-state index in [1.54, 1.807) is 0 Å². The van der Waals surface area contributed by atoms with Crippen LogP contribution in [0.3, 0.4) is 0 Å². The molecule has 0 aromatic heterocycles. The Kier molecular flexibility index (Phi) is 3.29. The molecule has 1 unspecified atom stereocenters. The monoisotopic (exact) mass is 388 g/mol. The van der Waals surface area contributed by atoms with E-state index < -0.39 is 49.5 Å². The van der Waals surface area contributed by atoms with Crippen LogP contribution < -0.4 is 9.47 Å². The molecule has 0 N–H and O–H groups in total. The molecule has 0 saturated carbocycles. The SMILES string of the molecule is [2H]C([2H])([2H])Oc1cc2c(cc1OC([2H])([2H])[2H])C(=O)C([2H])(C([2H])([2H])C1CCN(Cc3ccccc3)CC1)C2. The number of nitrogens with zero attached hydrogens (tertiary/aromatic N) is 1. The normalized spacial score (nSPS) is 29.0. The first kappa shape index (κ1) is 11.0. The molecule has 0 amide bonds. The highest BCUT2D eigenvalue weighted by Crippen LogP contribution is 2.39. The summed E-state index contributed by atoms with van der Waals surface area (Å²) in [4.78, 5) is 15.7. The van der Waals surface area contributed by atoms with Crippen LogP contribution in [0.2, 0.25) is 0 Å². The second-order valence-corrected chi connectivity index (χ2v) is 7.33. The lowest BCUT2D eigenvalue weighted by Gasteiger charge is -2.32. The predicted octanol–water partition coefficient (Wildman–Crippen LogP) is 4.36. The Balaban J connectivity index is 1.55. The summed E-state index contributed by atoms with van der Waals surface area (Å²) >= 11 is 0. The van der Waals surface area contributed by atoms with Crippen molar-refractivity contribution in [3.8, 4) is 11.5 Å². The quantitative estimate of drug-likeness (QED) is 0.737. The maximum Gasteiger partial charge on any atom is 0.166 e. The van der Waals surface area contributed by atoms with Gasteiger partial charge in [-0.3, -0.25) is 9.69 Å². The van der Waals surface area contributed by atoms with Gasteiger partial charge in [0.1, 0.15) is 0 Å². The molecule has 1 heterocycles. The van der Waals surface area contributed by atoms with Crippen LogP contribution in [0.25, 0.3) is 0 Å². The van der Waals surface area contributed by atoms with Crippen molar-refractivity contribution in [2.75, 3.05) is 27.2 Å². The Morgan fingerprint density at radius 3 is 2.57 bits per heavy atom. The van der Waals surface area contributed by atoms with Crippen LogP contribution in [0.5, 0.6) is 11.5 Å². The van der Waals surface area contributed by atoms with Crippen molar-refractivity contribution in [2.45, 2.75) is 32.2 Å². The smallest absolute Gasteiger partial charge is 0.166 e. The lowest BCUT2D eigenvalue weighted by molar-refractivity contribution is 0.0895. The van der Waals surface area contributed by atoms with Gasteiger partial charge < -0.3 is 9.47 Å². The zero-order chi connectivity index (χ0) is 27.2. The number of ketones is 1. The average molecular weight is 389 g/mol. The molecule has 1 saturated heterocycles. The number of ether oxygens (including phenoxy) is 2. The first-order chi connectivity index (χ1) is 17.1. The van der Waals surface area contributed by atoms with Crippen LogP contribution in [0.15, 0.2) is 42.5 Å². The van der Waals surface area contributed by atoms with E-state index in [2.05, 4.69) is 4.90 Å². The molecule has 2 aliphatic rings. The van der Waals surface area contributed by atoms with Crippen molar-refractivity contribution in [1.29, 1.82) is 0 Å². The summed E-state index contributed by atoms with van der Waals surface area (Å²) in [7, 11) is -5.85. The van der Waals surface area contributed by atoms with Crippen LogP contribution in [0, 0.1) is 11.8 Å². The molecule has 1 atom stereocenters. The predicted molar refractivity (Wildman–Crippen MR) is 110 cm³/mol. The summed E-state index contributed by atoms with van der Waals surface area (Å²) in [5.41, 5.74) is 1.33. The summed E-state index contributed by atoms with van der Waals surface area (Å²) in [5.74, 6) is -4.34. The third kappa shape index (κ3) is 3.93. The highest BCUT2D eigenvalue weighted by Gasteiger charge is 2.34. The minimum atomic E-state index is -2.94. The number of hydrogen-bond acceptors (Lipinski definition) is 4. The molecule has 1 aliphatic carbocycles. The number of piperidine rings is 1. The topological polar surface area (TPSA) is 38.8 Å². The van der Waals surface area contributed by atoms with E-state index in [4.69, 9.17) is 21.8 Å². The summed E-state index contributed by atoms with van der Waals surface area (Å²) in [6, 6.07) is 12.2. The Morgan fingerprint density at radius 2 is 1.86 bits per heavy atom. The molecule has 4 nitrogen and oxygen atoms in total. The standard InChI is InChI=1S/C24H29NO3/c1-27-22-14-19-13-20(24(26)21(19)15-23(22)28-2)12-17-8-10-25(11-9-17)16-18-6-4-3-5-7-18/h3-7,14-15,17,20H,8-13,16H2,1-2H3/i1D3,2D3,12D2,20D. The number of Topliss-reactive ketones (excluding diaryl/α,β-unsaturated/α-hetero) is 1. The second-order valence-electron chi connectivity index (χ2n) is 7.33. The van der Waals surface area contributed by atoms with Gasteiger partial charge in [0.25, 0.3) is 0 Å². The third-order valence-corrected chi connectivity index (χ3v) is 5.49. The lowest BCUT2D eigenvalue weighted by Crippen LogP contribution is -2.34. The largest absolute Gasteiger partial charge is 0.493 e. The van der Waals surface area contributed by atoms with Gasteiger partial charge in [0.05, 0.1) is 22.3 Å². The Bertz CT molecular complexity index is 1140. The molecule has 1 aliphatic heterocycles. The first-order valence-electron chi connectivity index (χ1n) is 14.0. The van der Waals surface area contributed by atoms with Crippen LogP contribution in [0.1, 0.15) is 53.0 Å². The van der Waals surface area contributed by atoms with Crippen LogP contribution in [-0.4, -0.2) is 37.8 Å². The molecular formula is C24H29NO3. The van der Waals surface area contributed by atoms with E-state index in [1.165, 1.54) is 6.07 Å². The van der Waals surface area contributed by atoms with Gasteiger partial charge in [0, 0.05) is 22.1 Å². The van der Waals surface area contributed by atoms with Crippen LogP contribution in [-0.2, 0) is 13.0 Å². The number of carbonyl (C=O) groups excluding carboxylic acids is 1. The van der Waals surface area contributed by atoms with E-state index in [0.717, 1.165) is 18.2 Å². The fourth-order valence-electron chi connectivity index (χ4n) is 3.99. The molecule has 2 aromatic carbocycles. The fourth-order valence-corrected chi connectivity index (χ4v) is 3.99. The Morgan fingerprint density at radius 1 is 1.14 bits per heavy atom. The number of carbonyl (C=O) groups is 1. The van der Waals surface area contributed by atoms with E-state index in [0.29, 0.717) is 25.9 Å². The molecule has 4 heteroatoms. The first-order valence-corrected chi connectivity index (χ1v) is 9.45. The zero-order valence-electron chi connectivity index (χ0n) is 24.5. The molecule has 0 bridgehead atoms. The van der Waals surface area contributed by atoms with Crippen LogP contribution >= 0.6 is 0 Å². The molecule has 28 heavy (non-hydrogen) atoms. The van der Waals surface area contributed by atoms with Gasteiger partial charge in [-0.25, -0.2) is 0 Å². The van der Waals surface area contributed by atoms with Crippen molar-refractivity contribution >= 4 is 5.78 Å². The molecule has 1 fully saturated rings. The number of likely N-dealkylation sites (tertiary alicyclic amines) is 1. The summed E-state index contributed by atoms with van der Waals surface area (Å²) in [6.45, 7) is 2.00. The maximum absolute atomic E-state index is 13.4. The van der Waals surface area contributed by atoms with E-state index in [9.17, 15) is 4.79 Å². The van der Waals surface area contributed by atoms with E-state index in [1.807, 2.05) is 30.3 Å². The van der Waals surface area contributed by atoms with Gasteiger partial charge in [-0.05, 0) is 67.9 Å². The minimum absolute atomic E-state index is 0.0578. The van der Waals surface area contributed by atoms with Crippen molar-refractivity contribution in [1.82, 2.24) is 4.90 Å². The molecule has 4 rings (SSSR count). The highest BCUT2D eigenvalue weighted by molar-refractivity contribution is 6.02. The van der Waals surface area contributed by atoms with Gasteiger partial charge in [0.2, 0.25) is 0 Å². The van der Waals surface area contributed by atoms with Gasteiger partial charge >= 0.3 is 0 Å². The van der Waals surface area contributed by atoms with Gasteiger partial charge in [0.15, 0.2) is 17.3 Å². The average Bonchev–Trinajstić information content (AvgIpc) is 3.04. The number of hydrogen-bond donors (Lipinski definition) is 0. The third-order valence-electron chi connectivity index (χ3n) is 5.49. The minimum Gasteiger partial charge on any atom is -0.493 e. The molecule has 0 radical (unpaired) electrons. The molecule has 0 spiro atoms. The van der Waals surface area contributed by atoms with Gasteiger partial charge in [-0.15, -0.1) is 0 Å². The van der Waals surface area contributed by atoms with E-state index >= 15 is 0 Å². The van der Waals surface area contributed by atoms with Gasteiger partial charge in [-0.2, -0.15) is 0 Å². The number of benzene rings is 2. The van der Waals surface area contributed by atoms with Crippen molar-refractivity contribution < 1.29 is 26.6 Å². The van der Waals surface area contributed by atoms with Crippen molar-refractivity contribution in [2.24, 2.45) is 11.8 Å². The Labute approximate surface area is 180 Å². The number of fused-ring (bicyclic) bond motifs is 1. The summed E-state index contributed by atoms with van der Waals surface area (Å²) in [5, 5.41) is 0. The summed E-state index contributed by atoms with van der Waals surface area (Å²) < 4.78 is 80.9. The molecule has 148 valence electrons. The number of methoxy groups -OCH3 is 2. The molecular weight excluding hydrogens is 350 g/mol.